The Balaban J connectivity index is 2.07. The Morgan fingerprint density at radius 1 is 1.00 bits per heavy atom. The van der Waals surface area contributed by atoms with Crippen molar-refractivity contribution in [2.75, 3.05) is 0 Å². The summed E-state index contributed by atoms with van der Waals surface area (Å²) < 4.78 is 37.4. The van der Waals surface area contributed by atoms with Gasteiger partial charge in [-0.15, -0.1) is 0 Å². The van der Waals surface area contributed by atoms with Crippen LogP contribution in [-0.2, 0) is 12.6 Å². The maximum atomic E-state index is 12.5. The largest absolute Gasteiger partial charge is 0.507 e. The van der Waals surface area contributed by atoms with Gasteiger partial charge in [-0.05, 0) is 42.7 Å². The van der Waals surface area contributed by atoms with Gasteiger partial charge < -0.3 is 10.3 Å². The van der Waals surface area contributed by atoms with Crippen LogP contribution in [0.3, 0.4) is 0 Å². The summed E-state index contributed by atoms with van der Waals surface area (Å²) in [5, 5.41) is 21.9. The fraction of sp³-hybridized carbons (Fsp3) is 0.188. The number of aryl methyl sites for hydroxylation is 1. The van der Waals surface area contributed by atoms with E-state index in [2.05, 4.69) is 5.16 Å². The van der Waals surface area contributed by atoms with E-state index in [4.69, 9.17) is 5.21 Å². The SMILES string of the molecule is O/N=C(/CCc1ccc(C(F)(F)F)cc1)c1ccccc1O. The minimum atomic E-state index is -4.36. The summed E-state index contributed by atoms with van der Waals surface area (Å²) in [4.78, 5) is 0. The van der Waals surface area contributed by atoms with E-state index < -0.39 is 11.7 Å². The second-order valence-electron chi connectivity index (χ2n) is 4.76. The van der Waals surface area contributed by atoms with Crippen molar-refractivity contribution in [1.29, 1.82) is 0 Å². The maximum Gasteiger partial charge on any atom is 0.416 e. The molecular formula is C16H14F3NO2. The monoisotopic (exact) mass is 309 g/mol. The van der Waals surface area contributed by atoms with Crippen molar-refractivity contribution in [1.82, 2.24) is 0 Å². The molecule has 2 aromatic carbocycles. The minimum Gasteiger partial charge on any atom is -0.507 e. The molecule has 2 rings (SSSR count). The van der Waals surface area contributed by atoms with Gasteiger partial charge >= 0.3 is 6.18 Å². The zero-order valence-electron chi connectivity index (χ0n) is 11.5. The molecule has 116 valence electrons. The molecule has 0 aliphatic carbocycles. The third kappa shape index (κ3) is 3.78. The van der Waals surface area contributed by atoms with Crippen LogP contribution in [0.4, 0.5) is 13.2 Å². The molecule has 2 N–H and O–H groups in total. The van der Waals surface area contributed by atoms with Crippen LogP contribution in [0.2, 0.25) is 0 Å². The molecule has 0 spiro atoms. The second kappa shape index (κ2) is 6.51. The number of oxime groups is 1. The Labute approximate surface area is 125 Å². The van der Waals surface area contributed by atoms with E-state index in [0.717, 1.165) is 12.1 Å². The molecule has 0 aromatic heterocycles. The van der Waals surface area contributed by atoms with E-state index in [1.807, 2.05) is 0 Å². The number of halogens is 3. The molecule has 0 aliphatic heterocycles. The van der Waals surface area contributed by atoms with E-state index in [0.29, 0.717) is 24.0 Å². The third-order valence-corrected chi connectivity index (χ3v) is 3.27. The molecule has 0 aliphatic rings. The predicted molar refractivity (Wildman–Crippen MR) is 76.2 cm³/mol. The fourth-order valence-electron chi connectivity index (χ4n) is 2.08. The lowest BCUT2D eigenvalue weighted by molar-refractivity contribution is -0.137. The Bertz CT molecular complexity index is 664. The lowest BCUT2D eigenvalue weighted by Crippen LogP contribution is -2.06. The summed E-state index contributed by atoms with van der Waals surface area (Å²) >= 11 is 0. The highest BCUT2D eigenvalue weighted by atomic mass is 19.4. The number of para-hydroxylation sites is 1. The van der Waals surface area contributed by atoms with Crippen molar-refractivity contribution in [3.05, 3.63) is 65.2 Å². The first kappa shape index (κ1) is 15.9. The van der Waals surface area contributed by atoms with Gasteiger partial charge in [-0.3, -0.25) is 0 Å². The van der Waals surface area contributed by atoms with Gasteiger partial charge in [0.25, 0.3) is 0 Å². The smallest absolute Gasteiger partial charge is 0.416 e. The number of aromatic hydroxyl groups is 1. The van der Waals surface area contributed by atoms with Gasteiger partial charge in [0.15, 0.2) is 0 Å². The number of phenols is 1. The van der Waals surface area contributed by atoms with Gasteiger partial charge in [-0.2, -0.15) is 13.2 Å². The first-order valence-electron chi connectivity index (χ1n) is 6.57. The summed E-state index contributed by atoms with van der Waals surface area (Å²) in [6, 6.07) is 11.2. The first-order valence-corrected chi connectivity index (χ1v) is 6.57. The van der Waals surface area contributed by atoms with Gasteiger partial charge in [0, 0.05) is 5.56 Å². The summed E-state index contributed by atoms with van der Waals surface area (Å²) in [6.45, 7) is 0. The van der Waals surface area contributed by atoms with Crippen LogP contribution in [0, 0.1) is 0 Å². The van der Waals surface area contributed by atoms with Gasteiger partial charge in [0.05, 0.1) is 11.3 Å². The molecule has 0 saturated heterocycles. The Morgan fingerprint density at radius 3 is 2.18 bits per heavy atom. The van der Waals surface area contributed by atoms with Gasteiger partial charge in [0.1, 0.15) is 5.75 Å². The minimum absolute atomic E-state index is 0.0114. The van der Waals surface area contributed by atoms with Gasteiger partial charge in [-0.25, -0.2) is 0 Å². The highest BCUT2D eigenvalue weighted by molar-refractivity contribution is 6.02. The van der Waals surface area contributed by atoms with Crippen molar-refractivity contribution in [2.24, 2.45) is 5.16 Å². The number of rotatable bonds is 4. The van der Waals surface area contributed by atoms with E-state index in [1.54, 1.807) is 18.2 Å². The van der Waals surface area contributed by atoms with E-state index in [9.17, 15) is 18.3 Å². The lowest BCUT2D eigenvalue weighted by Gasteiger charge is -2.09. The van der Waals surface area contributed by atoms with Crippen molar-refractivity contribution in [3.63, 3.8) is 0 Å². The zero-order chi connectivity index (χ0) is 16.2. The summed E-state index contributed by atoms with van der Waals surface area (Å²) in [5.41, 5.74) is 0.660. The molecule has 6 heteroatoms. The maximum absolute atomic E-state index is 12.5. The summed E-state index contributed by atoms with van der Waals surface area (Å²) in [6.07, 6.45) is -3.67. The highest BCUT2D eigenvalue weighted by Crippen LogP contribution is 2.29. The standard InChI is InChI=1S/C16H14F3NO2/c17-16(18,19)12-8-5-11(6-9-12)7-10-14(20-22)13-3-1-2-4-15(13)21/h1-6,8-9,21-22H,7,10H2/b20-14-. The quantitative estimate of drug-likeness (QED) is 0.505. The normalized spacial score (nSPS) is 12.4. The fourth-order valence-corrected chi connectivity index (χ4v) is 2.08. The Kier molecular flexibility index (Phi) is 4.70. The average molecular weight is 309 g/mol. The van der Waals surface area contributed by atoms with Gasteiger partial charge in [0.2, 0.25) is 0 Å². The van der Waals surface area contributed by atoms with Gasteiger partial charge in [-0.1, -0.05) is 29.4 Å². The van der Waals surface area contributed by atoms with Crippen LogP contribution >= 0.6 is 0 Å². The van der Waals surface area contributed by atoms with Crippen LogP contribution in [0.15, 0.2) is 53.7 Å². The van der Waals surface area contributed by atoms with Crippen molar-refractivity contribution >= 4 is 5.71 Å². The molecule has 0 fully saturated rings. The molecule has 0 bridgehead atoms. The molecule has 0 amide bonds. The number of alkyl halides is 3. The molecule has 3 nitrogen and oxygen atoms in total. The number of benzene rings is 2. The highest BCUT2D eigenvalue weighted by Gasteiger charge is 2.29. The number of nitrogens with zero attached hydrogens (tertiary/aromatic N) is 1. The van der Waals surface area contributed by atoms with Crippen LogP contribution in [0.5, 0.6) is 5.75 Å². The molecule has 0 heterocycles. The van der Waals surface area contributed by atoms with Crippen molar-refractivity contribution < 1.29 is 23.5 Å². The van der Waals surface area contributed by atoms with E-state index >= 15 is 0 Å². The molecule has 0 atom stereocenters. The molecule has 2 aromatic rings. The van der Waals surface area contributed by atoms with Crippen LogP contribution < -0.4 is 0 Å². The van der Waals surface area contributed by atoms with Crippen molar-refractivity contribution in [2.45, 2.75) is 19.0 Å². The van der Waals surface area contributed by atoms with Crippen LogP contribution in [0.25, 0.3) is 0 Å². The number of phenolic OH excluding ortho intramolecular Hbond substituents is 1. The topological polar surface area (TPSA) is 52.8 Å². The van der Waals surface area contributed by atoms with Crippen LogP contribution in [-0.4, -0.2) is 16.0 Å². The summed E-state index contributed by atoms with van der Waals surface area (Å²) in [5.74, 6) is -0.0114. The average Bonchev–Trinajstić information content (AvgIpc) is 2.49. The predicted octanol–water partition coefficient (Wildman–Crippen LogP) is 4.22. The third-order valence-electron chi connectivity index (χ3n) is 3.27. The Morgan fingerprint density at radius 2 is 1.64 bits per heavy atom. The number of hydrogen-bond donors (Lipinski definition) is 2. The number of hydrogen-bond acceptors (Lipinski definition) is 3. The van der Waals surface area contributed by atoms with Crippen LogP contribution in [0.1, 0.15) is 23.1 Å². The lowest BCUT2D eigenvalue weighted by atomic mass is 10.0. The Hall–Kier alpha value is -2.50. The second-order valence-corrected chi connectivity index (χ2v) is 4.76. The first-order chi connectivity index (χ1) is 10.4. The molecule has 0 saturated carbocycles. The molecule has 0 radical (unpaired) electrons. The molecular weight excluding hydrogens is 295 g/mol. The van der Waals surface area contributed by atoms with E-state index in [1.165, 1.54) is 18.2 Å². The summed E-state index contributed by atoms with van der Waals surface area (Å²) in [7, 11) is 0. The van der Waals surface area contributed by atoms with Crippen molar-refractivity contribution in [3.8, 4) is 5.75 Å². The zero-order valence-corrected chi connectivity index (χ0v) is 11.5. The van der Waals surface area contributed by atoms with E-state index in [-0.39, 0.29) is 11.5 Å². The molecule has 0 unspecified atom stereocenters. The molecule has 22 heavy (non-hydrogen) atoms.